The van der Waals surface area contributed by atoms with Gasteiger partial charge in [0.1, 0.15) is 6.04 Å². The topological polar surface area (TPSA) is 75.3 Å². The molecule has 1 aromatic carbocycles. The fourth-order valence-electron chi connectivity index (χ4n) is 1.26. The van der Waals surface area contributed by atoms with Crippen molar-refractivity contribution >= 4 is 5.91 Å². The number of aliphatic hydroxyl groups excluding tert-OH is 1. The highest BCUT2D eigenvalue weighted by Gasteiger charge is 2.15. The number of carbonyl (C=O) groups excluding carboxylic acids is 1. The average molecular weight is 222 g/mol. The van der Waals surface area contributed by atoms with Gasteiger partial charge in [0.25, 0.3) is 0 Å². The predicted molar refractivity (Wildman–Crippen MR) is 62.6 cm³/mol. The molecule has 0 spiro atoms. The van der Waals surface area contributed by atoms with Gasteiger partial charge in [0, 0.05) is 13.2 Å². The van der Waals surface area contributed by atoms with E-state index in [1.807, 2.05) is 37.3 Å². The van der Waals surface area contributed by atoms with E-state index >= 15 is 0 Å². The van der Waals surface area contributed by atoms with E-state index in [0.717, 1.165) is 5.56 Å². The lowest BCUT2D eigenvalue weighted by atomic mass is 10.1. The Labute approximate surface area is 95.5 Å². The fraction of sp³-hybridized carbons (Fsp3) is 0.417. The number of rotatable bonds is 5. The van der Waals surface area contributed by atoms with Gasteiger partial charge in [-0.05, 0) is 11.5 Å². The summed E-state index contributed by atoms with van der Waals surface area (Å²) >= 11 is 0. The molecule has 0 aliphatic rings. The molecule has 0 bridgehead atoms. The Kier molecular flexibility index (Phi) is 4.95. The summed E-state index contributed by atoms with van der Waals surface area (Å²) in [4.78, 5) is 11.6. The molecule has 1 aromatic rings. The third-order valence-corrected chi connectivity index (χ3v) is 2.38. The van der Waals surface area contributed by atoms with Gasteiger partial charge in [-0.15, -0.1) is 0 Å². The van der Waals surface area contributed by atoms with Crippen LogP contribution < -0.4 is 11.1 Å². The largest absolute Gasteiger partial charge is 0.396 e. The van der Waals surface area contributed by atoms with Gasteiger partial charge in [-0.25, -0.2) is 0 Å². The van der Waals surface area contributed by atoms with Crippen LogP contribution in [0.4, 0.5) is 0 Å². The minimum atomic E-state index is -0.646. The van der Waals surface area contributed by atoms with E-state index < -0.39 is 6.04 Å². The van der Waals surface area contributed by atoms with Crippen molar-refractivity contribution in [3.8, 4) is 0 Å². The van der Waals surface area contributed by atoms with Gasteiger partial charge in [-0.1, -0.05) is 37.3 Å². The molecule has 1 unspecified atom stereocenters. The second-order valence-corrected chi connectivity index (χ2v) is 3.92. The van der Waals surface area contributed by atoms with E-state index in [0.29, 0.717) is 6.54 Å². The van der Waals surface area contributed by atoms with Crippen molar-refractivity contribution in [3.05, 3.63) is 35.9 Å². The highest BCUT2D eigenvalue weighted by atomic mass is 16.3. The van der Waals surface area contributed by atoms with E-state index in [-0.39, 0.29) is 18.4 Å². The van der Waals surface area contributed by atoms with Crippen LogP contribution >= 0.6 is 0 Å². The highest BCUT2D eigenvalue weighted by Crippen LogP contribution is 2.09. The van der Waals surface area contributed by atoms with Crippen LogP contribution in [-0.2, 0) is 4.79 Å². The number of hydrogen-bond acceptors (Lipinski definition) is 3. The van der Waals surface area contributed by atoms with Crippen LogP contribution in [-0.4, -0.2) is 24.2 Å². The van der Waals surface area contributed by atoms with Gasteiger partial charge >= 0.3 is 0 Å². The first-order chi connectivity index (χ1) is 7.65. The number of hydrogen-bond donors (Lipinski definition) is 3. The van der Waals surface area contributed by atoms with Crippen LogP contribution in [0.3, 0.4) is 0 Å². The van der Waals surface area contributed by atoms with Crippen molar-refractivity contribution in [1.82, 2.24) is 5.32 Å². The predicted octanol–water partition coefficient (Wildman–Crippen LogP) is 0.431. The summed E-state index contributed by atoms with van der Waals surface area (Å²) in [6.45, 7) is 2.35. The Hall–Kier alpha value is -1.39. The van der Waals surface area contributed by atoms with Crippen LogP contribution in [0.15, 0.2) is 30.3 Å². The van der Waals surface area contributed by atoms with Gasteiger partial charge < -0.3 is 16.2 Å². The smallest absolute Gasteiger partial charge is 0.241 e. The van der Waals surface area contributed by atoms with E-state index in [9.17, 15) is 4.79 Å². The van der Waals surface area contributed by atoms with E-state index in [2.05, 4.69) is 5.32 Å². The minimum absolute atomic E-state index is 0.0481. The molecule has 4 nitrogen and oxygen atoms in total. The molecule has 88 valence electrons. The Morgan fingerprint density at radius 1 is 1.44 bits per heavy atom. The summed E-state index contributed by atoms with van der Waals surface area (Å²) in [7, 11) is 0. The average Bonchev–Trinajstić information content (AvgIpc) is 2.35. The Morgan fingerprint density at radius 2 is 2.06 bits per heavy atom. The van der Waals surface area contributed by atoms with E-state index in [1.54, 1.807) is 0 Å². The SMILES string of the molecule is CC(CO)CNC(=O)[C@H](N)c1ccccc1. The monoisotopic (exact) mass is 222 g/mol. The standard InChI is InChI=1S/C12H18N2O2/c1-9(8-15)7-14-12(16)11(13)10-5-3-2-4-6-10/h2-6,9,11,15H,7-8,13H2,1H3,(H,14,16)/t9?,11-/m1/s1. The first-order valence-electron chi connectivity index (χ1n) is 5.34. The Balaban J connectivity index is 2.49. The van der Waals surface area contributed by atoms with Gasteiger partial charge in [0.15, 0.2) is 0 Å². The third-order valence-electron chi connectivity index (χ3n) is 2.38. The molecule has 2 atom stereocenters. The first-order valence-corrected chi connectivity index (χ1v) is 5.34. The molecule has 1 amide bonds. The quantitative estimate of drug-likeness (QED) is 0.676. The second kappa shape index (κ2) is 6.25. The van der Waals surface area contributed by atoms with E-state index in [4.69, 9.17) is 10.8 Å². The van der Waals surface area contributed by atoms with Gasteiger partial charge in [-0.2, -0.15) is 0 Å². The molecular formula is C12H18N2O2. The Bertz CT molecular complexity index is 327. The molecule has 0 aliphatic carbocycles. The maximum atomic E-state index is 11.6. The zero-order valence-corrected chi connectivity index (χ0v) is 9.39. The van der Waals surface area contributed by atoms with Crippen LogP contribution in [0.25, 0.3) is 0 Å². The van der Waals surface area contributed by atoms with Crippen molar-refractivity contribution in [2.45, 2.75) is 13.0 Å². The molecular weight excluding hydrogens is 204 g/mol. The lowest BCUT2D eigenvalue weighted by Crippen LogP contribution is -2.37. The number of nitrogens with two attached hydrogens (primary N) is 1. The summed E-state index contributed by atoms with van der Waals surface area (Å²) in [6.07, 6.45) is 0. The molecule has 0 aromatic heterocycles. The van der Waals surface area contributed by atoms with Crippen LogP contribution in [0, 0.1) is 5.92 Å². The number of amides is 1. The Morgan fingerprint density at radius 3 is 2.62 bits per heavy atom. The molecule has 0 aliphatic heterocycles. The molecule has 1 rings (SSSR count). The lowest BCUT2D eigenvalue weighted by Gasteiger charge is -2.14. The summed E-state index contributed by atoms with van der Waals surface area (Å²) in [5.74, 6) is -0.168. The van der Waals surface area contributed by atoms with Crippen LogP contribution in [0.1, 0.15) is 18.5 Å². The first kappa shape index (κ1) is 12.7. The van der Waals surface area contributed by atoms with Crippen molar-refractivity contribution in [2.75, 3.05) is 13.2 Å². The molecule has 4 N–H and O–H groups in total. The van der Waals surface area contributed by atoms with Crippen molar-refractivity contribution in [1.29, 1.82) is 0 Å². The number of aliphatic hydroxyl groups is 1. The normalized spacial score (nSPS) is 14.2. The summed E-state index contributed by atoms with van der Waals surface area (Å²) in [5.41, 5.74) is 6.58. The maximum absolute atomic E-state index is 11.6. The summed E-state index contributed by atoms with van der Waals surface area (Å²) in [6, 6.07) is 8.56. The summed E-state index contributed by atoms with van der Waals surface area (Å²) < 4.78 is 0. The van der Waals surface area contributed by atoms with Gasteiger partial charge in [0.05, 0.1) is 0 Å². The van der Waals surface area contributed by atoms with Gasteiger partial charge in [-0.3, -0.25) is 4.79 Å². The molecule has 4 heteroatoms. The molecule has 0 heterocycles. The second-order valence-electron chi connectivity index (χ2n) is 3.92. The number of carbonyl (C=O) groups is 1. The highest BCUT2D eigenvalue weighted by molar-refractivity contribution is 5.82. The molecule has 0 saturated carbocycles. The van der Waals surface area contributed by atoms with Crippen LogP contribution in [0.5, 0.6) is 0 Å². The van der Waals surface area contributed by atoms with Gasteiger partial charge in [0.2, 0.25) is 5.91 Å². The van der Waals surface area contributed by atoms with Crippen molar-refractivity contribution in [2.24, 2.45) is 11.7 Å². The molecule has 16 heavy (non-hydrogen) atoms. The van der Waals surface area contributed by atoms with E-state index in [1.165, 1.54) is 0 Å². The molecule has 0 saturated heterocycles. The van der Waals surface area contributed by atoms with Crippen molar-refractivity contribution in [3.63, 3.8) is 0 Å². The zero-order chi connectivity index (χ0) is 12.0. The molecule has 0 radical (unpaired) electrons. The minimum Gasteiger partial charge on any atom is -0.396 e. The summed E-state index contributed by atoms with van der Waals surface area (Å²) in [5, 5.41) is 11.5. The number of nitrogens with one attached hydrogen (secondary N) is 1. The van der Waals surface area contributed by atoms with Crippen molar-refractivity contribution < 1.29 is 9.90 Å². The zero-order valence-electron chi connectivity index (χ0n) is 9.39. The lowest BCUT2D eigenvalue weighted by molar-refractivity contribution is -0.122. The fourth-order valence-corrected chi connectivity index (χ4v) is 1.26. The number of benzene rings is 1. The van der Waals surface area contributed by atoms with Crippen LogP contribution in [0.2, 0.25) is 0 Å². The molecule has 0 fully saturated rings. The maximum Gasteiger partial charge on any atom is 0.241 e. The third kappa shape index (κ3) is 3.64.